The summed E-state index contributed by atoms with van der Waals surface area (Å²) in [5, 5.41) is 15.8. The van der Waals surface area contributed by atoms with Crippen LogP contribution in [0.4, 0.5) is 5.69 Å². The number of hydrogen-bond donors (Lipinski definition) is 2. The number of aliphatic hydroxyl groups excluding tert-OH is 1. The van der Waals surface area contributed by atoms with Crippen LogP contribution in [0.3, 0.4) is 0 Å². The fourth-order valence-electron chi connectivity index (χ4n) is 1.50. The number of thiophene rings is 1. The fourth-order valence-corrected chi connectivity index (χ4v) is 2.27. The third-order valence-electron chi connectivity index (χ3n) is 2.34. The zero-order valence-corrected chi connectivity index (χ0v) is 9.55. The van der Waals surface area contributed by atoms with Gasteiger partial charge in [0.1, 0.15) is 0 Å². The van der Waals surface area contributed by atoms with Gasteiger partial charge in [-0.1, -0.05) is 0 Å². The molecule has 0 spiro atoms. The Kier molecular flexibility index (Phi) is 3.23. The first-order valence-corrected chi connectivity index (χ1v) is 6.03. The topological polar surface area (TPSA) is 32.3 Å². The maximum atomic E-state index is 9.13. The van der Waals surface area contributed by atoms with E-state index in [1.54, 1.807) is 11.3 Å². The molecule has 1 aromatic heterocycles. The Morgan fingerprint density at radius 1 is 1.40 bits per heavy atom. The van der Waals surface area contributed by atoms with Gasteiger partial charge in [0.2, 0.25) is 0 Å². The number of nitrogens with one attached hydrogen (secondary N) is 1. The van der Waals surface area contributed by atoms with Gasteiger partial charge in [-0.2, -0.15) is 0 Å². The van der Waals surface area contributed by atoms with E-state index < -0.39 is 0 Å². The van der Waals surface area contributed by atoms with Gasteiger partial charge in [-0.25, -0.2) is 0 Å². The van der Waals surface area contributed by atoms with Gasteiger partial charge >= 0.3 is 0 Å². The summed E-state index contributed by atoms with van der Waals surface area (Å²) in [6, 6.07) is 8.49. The number of benzene rings is 1. The molecule has 0 aliphatic rings. The van der Waals surface area contributed by atoms with Crippen LogP contribution in [-0.4, -0.2) is 17.8 Å². The number of aliphatic hydroxyl groups is 1. The largest absolute Gasteiger partial charge is 0.393 e. The standard InChI is InChI=1S/C12H15NOS/c1-9(14)4-6-13-11-2-3-12-10(8-11)5-7-15-12/h2-3,5,7-9,13-14H,4,6H2,1H3. The highest BCUT2D eigenvalue weighted by Crippen LogP contribution is 2.23. The molecule has 0 saturated heterocycles. The van der Waals surface area contributed by atoms with Crippen molar-refractivity contribution in [1.82, 2.24) is 0 Å². The molecule has 0 amide bonds. The molecule has 2 aromatic rings. The van der Waals surface area contributed by atoms with Gasteiger partial charge in [0.15, 0.2) is 0 Å². The van der Waals surface area contributed by atoms with Crippen molar-refractivity contribution < 1.29 is 5.11 Å². The molecule has 0 fully saturated rings. The van der Waals surface area contributed by atoms with Crippen LogP contribution in [0.1, 0.15) is 13.3 Å². The second kappa shape index (κ2) is 4.64. The van der Waals surface area contributed by atoms with Crippen LogP contribution in [0.2, 0.25) is 0 Å². The third kappa shape index (κ3) is 2.70. The summed E-state index contributed by atoms with van der Waals surface area (Å²) in [6.45, 7) is 2.62. The molecule has 0 aliphatic carbocycles. The highest BCUT2D eigenvalue weighted by atomic mass is 32.1. The quantitative estimate of drug-likeness (QED) is 0.831. The lowest BCUT2D eigenvalue weighted by molar-refractivity contribution is 0.189. The molecule has 80 valence electrons. The van der Waals surface area contributed by atoms with Crippen LogP contribution in [-0.2, 0) is 0 Å². The van der Waals surface area contributed by atoms with E-state index in [0.29, 0.717) is 0 Å². The Labute approximate surface area is 93.6 Å². The molecule has 1 aromatic carbocycles. The minimum absolute atomic E-state index is 0.234. The lowest BCUT2D eigenvalue weighted by Crippen LogP contribution is -2.09. The summed E-state index contributed by atoms with van der Waals surface area (Å²) in [5.41, 5.74) is 1.13. The lowest BCUT2D eigenvalue weighted by atomic mass is 10.2. The minimum Gasteiger partial charge on any atom is -0.393 e. The predicted octanol–water partition coefficient (Wildman–Crippen LogP) is 3.08. The molecule has 1 heterocycles. The van der Waals surface area contributed by atoms with Gasteiger partial charge in [-0.05, 0) is 48.4 Å². The Morgan fingerprint density at radius 2 is 2.27 bits per heavy atom. The zero-order valence-electron chi connectivity index (χ0n) is 8.73. The Balaban J connectivity index is 2.02. The van der Waals surface area contributed by atoms with Gasteiger partial charge in [-0.15, -0.1) is 11.3 Å². The van der Waals surface area contributed by atoms with Crippen molar-refractivity contribution in [3.63, 3.8) is 0 Å². The molecule has 2 N–H and O–H groups in total. The molecule has 0 radical (unpaired) electrons. The SMILES string of the molecule is CC(O)CCNc1ccc2sccc2c1. The second-order valence-electron chi connectivity index (χ2n) is 3.74. The van der Waals surface area contributed by atoms with Crippen LogP contribution >= 0.6 is 11.3 Å². The van der Waals surface area contributed by atoms with E-state index in [2.05, 4.69) is 35.0 Å². The first-order valence-electron chi connectivity index (χ1n) is 5.15. The molecule has 2 rings (SSSR count). The minimum atomic E-state index is -0.234. The highest BCUT2D eigenvalue weighted by molar-refractivity contribution is 7.17. The van der Waals surface area contributed by atoms with Crippen LogP contribution in [0.15, 0.2) is 29.6 Å². The fraction of sp³-hybridized carbons (Fsp3) is 0.333. The van der Waals surface area contributed by atoms with Crippen molar-refractivity contribution in [3.8, 4) is 0 Å². The number of anilines is 1. The summed E-state index contributed by atoms with van der Waals surface area (Å²) in [7, 11) is 0. The summed E-state index contributed by atoms with van der Waals surface area (Å²) >= 11 is 1.76. The van der Waals surface area contributed by atoms with E-state index in [0.717, 1.165) is 18.7 Å². The number of rotatable bonds is 4. The Bertz CT molecular complexity index is 436. The number of fused-ring (bicyclic) bond motifs is 1. The monoisotopic (exact) mass is 221 g/mol. The molecule has 0 saturated carbocycles. The molecule has 0 bridgehead atoms. The third-order valence-corrected chi connectivity index (χ3v) is 3.24. The molecular formula is C12H15NOS. The van der Waals surface area contributed by atoms with Crippen LogP contribution in [0.25, 0.3) is 10.1 Å². The van der Waals surface area contributed by atoms with Crippen molar-refractivity contribution in [2.24, 2.45) is 0 Å². The molecule has 1 atom stereocenters. The Hall–Kier alpha value is -1.06. The van der Waals surface area contributed by atoms with Crippen molar-refractivity contribution in [2.45, 2.75) is 19.4 Å². The van der Waals surface area contributed by atoms with E-state index in [-0.39, 0.29) is 6.10 Å². The van der Waals surface area contributed by atoms with E-state index in [1.165, 1.54) is 10.1 Å². The van der Waals surface area contributed by atoms with Crippen molar-refractivity contribution >= 4 is 27.1 Å². The molecule has 2 nitrogen and oxygen atoms in total. The maximum absolute atomic E-state index is 9.13. The molecule has 1 unspecified atom stereocenters. The average Bonchev–Trinajstić information content (AvgIpc) is 2.64. The second-order valence-corrected chi connectivity index (χ2v) is 4.69. The van der Waals surface area contributed by atoms with Gasteiger partial charge in [-0.3, -0.25) is 0 Å². The van der Waals surface area contributed by atoms with E-state index in [9.17, 15) is 0 Å². The maximum Gasteiger partial charge on any atom is 0.0528 e. The summed E-state index contributed by atoms with van der Waals surface area (Å²) in [5.74, 6) is 0. The smallest absolute Gasteiger partial charge is 0.0528 e. The summed E-state index contributed by atoms with van der Waals surface area (Å²) in [6.07, 6.45) is 0.546. The van der Waals surface area contributed by atoms with Gasteiger partial charge in [0.25, 0.3) is 0 Å². The summed E-state index contributed by atoms with van der Waals surface area (Å²) < 4.78 is 1.32. The van der Waals surface area contributed by atoms with E-state index in [4.69, 9.17) is 5.11 Å². The Morgan fingerprint density at radius 3 is 3.07 bits per heavy atom. The van der Waals surface area contributed by atoms with Crippen molar-refractivity contribution in [2.75, 3.05) is 11.9 Å². The predicted molar refractivity (Wildman–Crippen MR) is 66.6 cm³/mol. The average molecular weight is 221 g/mol. The van der Waals surface area contributed by atoms with Crippen molar-refractivity contribution in [3.05, 3.63) is 29.6 Å². The molecule has 3 heteroatoms. The number of hydrogen-bond acceptors (Lipinski definition) is 3. The van der Waals surface area contributed by atoms with Crippen molar-refractivity contribution in [1.29, 1.82) is 0 Å². The first-order chi connectivity index (χ1) is 7.25. The van der Waals surface area contributed by atoms with Crippen LogP contribution in [0, 0.1) is 0 Å². The lowest BCUT2D eigenvalue weighted by Gasteiger charge is -2.07. The highest BCUT2D eigenvalue weighted by Gasteiger charge is 1.98. The summed E-state index contributed by atoms with van der Waals surface area (Å²) in [4.78, 5) is 0. The van der Waals surface area contributed by atoms with E-state index in [1.807, 2.05) is 6.92 Å². The van der Waals surface area contributed by atoms with E-state index >= 15 is 0 Å². The van der Waals surface area contributed by atoms with Crippen LogP contribution in [0.5, 0.6) is 0 Å². The van der Waals surface area contributed by atoms with Gasteiger partial charge in [0.05, 0.1) is 6.10 Å². The molecule has 15 heavy (non-hydrogen) atoms. The first kappa shape index (κ1) is 10.5. The van der Waals surface area contributed by atoms with Gasteiger partial charge < -0.3 is 10.4 Å². The zero-order chi connectivity index (χ0) is 10.7. The van der Waals surface area contributed by atoms with Crippen LogP contribution < -0.4 is 5.32 Å². The normalized spacial score (nSPS) is 12.9. The van der Waals surface area contributed by atoms with Gasteiger partial charge in [0, 0.05) is 16.9 Å². The molecular weight excluding hydrogens is 206 g/mol. The molecule has 0 aliphatic heterocycles.